The number of likely N-dealkylation sites (tertiary alicyclic amines) is 1. The van der Waals surface area contributed by atoms with Gasteiger partial charge >= 0.3 is 0 Å². The van der Waals surface area contributed by atoms with E-state index in [1.54, 1.807) is 4.52 Å². The first-order chi connectivity index (χ1) is 16.7. The predicted octanol–water partition coefficient (Wildman–Crippen LogP) is 3.84. The average molecular weight is 461 g/mol. The number of nitrogens with zero attached hydrogens (tertiary/aromatic N) is 5. The number of fused-ring (bicyclic) bond motifs is 4. The maximum Gasteiger partial charge on any atom is 0.224 e. The molecule has 1 aliphatic carbocycles. The molecule has 176 valence electrons. The molecule has 9 nitrogen and oxygen atoms in total. The molecule has 9 heteroatoms. The van der Waals surface area contributed by atoms with Crippen molar-refractivity contribution in [3.8, 4) is 23.1 Å². The lowest BCUT2D eigenvalue weighted by Gasteiger charge is -2.29. The minimum absolute atomic E-state index is 0.114. The van der Waals surface area contributed by atoms with Gasteiger partial charge < -0.3 is 24.1 Å². The summed E-state index contributed by atoms with van der Waals surface area (Å²) in [6.07, 6.45) is 4.59. The van der Waals surface area contributed by atoms with Crippen LogP contribution in [0.4, 0.5) is 5.82 Å². The molecule has 7 rings (SSSR count). The predicted molar refractivity (Wildman–Crippen MR) is 127 cm³/mol. The summed E-state index contributed by atoms with van der Waals surface area (Å²) < 4.78 is 20.5. The fraction of sp³-hybridized carbons (Fsp3) is 0.480. The number of furan rings is 1. The Kier molecular flexibility index (Phi) is 4.48. The van der Waals surface area contributed by atoms with E-state index in [1.807, 2.05) is 30.3 Å². The molecule has 1 saturated carbocycles. The van der Waals surface area contributed by atoms with Gasteiger partial charge in [0.05, 0.1) is 13.2 Å². The molecular formula is C25H28N6O3. The second-order valence-electron chi connectivity index (χ2n) is 10.1. The van der Waals surface area contributed by atoms with Crippen molar-refractivity contribution >= 4 is 22.4 Å². The summed E-state index contributed by atoms with van der Waals surface area (Å²) in [6, 6.07) is 9.89. The van der Waals surface area contributed by atoms with E-state index in [1.165, 1.54) is 12.8 Å². The van der Waals surface area contributed by atoms with Gasteiger partial charge in [0.1, 0.15) is 5.58 Å². The quantitative estimate of drug-likeness (QED) is 0.491. The van der Waals surface area contributed by atoms with Crippen molar-refractivity contribution in [1.82, 2.24) is 24.7 Å². The molecule has 1 aromatic carbocycles. The van der Waals surface area contributed by atoms with Gasteiger partial charge in [0, 0.05) is 17.3 Å². The zero-order valence-electron chi connectivity index (χ0n) is 19.3. The van der Waals surface area contributed by atoms with Crippen molar-refractivity contribution in [2.45, 2.75) is 25.7 Å². The average Bonchev–Trinajstić information content (AvgIpc) is 3.36. The minimum atomic E-state index is 0.114. The summed E-state index contributed by atoms with van der Waals surface area (Å²) >= 11 is 0. The fourth-order valence-electron chi connectivity index (χ4n) is 4.96. The van der Waals surface area contributed by atoms with Crippen molar-refractivity contribution in [1.29, 1.82) is 0 Å². The van der Waals surface area contributed by atoms with Crippen LogP contribution >= 0.6 is 0 Å². The van der Waals surface area contributed by atoms with Crippen molar-refractivity contribution < 1.29 is 13.9 Å². The number of benzene rings is 1. The molecule has 4 aromatic rings. The van der Waals surface area contributed by atoms with Crippen LogP contribution in [0.15, 0.2) is 34.7 Å². The number of para-hydroxylation sites is 1. The summed E-state index contributed by atoms with van der Waals surface area (Å²) in [5.74, 6) is 3.70. The lowest BCUT2D eigenvalue weighted by molar-refractivity contribution is 0.197. The highest BCUT2D eigenvalue weighted by Crippen LogP contribution is 2.51. The van der Waals surface area contributed by atoms with Crippen LogP contribution in [0, 0.1) is 11.3 Å². The Labute approximate surface area is 197 Å². The van der Waals surface area contributed by atoms with E-state index in [-0.39, 0.29) is 5.41 Å². The lowest BCUT2D eigenvalue weighted by atomic mass is 9.97. The first kappa shape index (κ1) is 20.1. The molecule has 1 saturated heterocycles. The van der Waals surface area contributed by atoms with E-state index >= 15 is 0 Å². The van der Waals surface area contributed by atoms with Crippen LogP contribution < -0.4 is 14.8 Å². The summed E-state index contributed by atoms with van der Waals surface area (Å²) in [5.41, 5.74) is 1.47. The van der Waals surface area contributed by atoms with Crippen molar-refractivity contribution in [2.75, 3.05) is 45.2 Å². The zero-order valence-corrected chi connectivity index (χ0v) is 19.3. The van der Waals surface area contributed by atoms with Crippen LogP contribution in [0.25, 0.3) is 28.2 Å². The first-order valence-corrected chi connectivity index (χ1v) is 12.1. The Morgan fingerprint density at radius 2 is 1.85 bits per heavy atom. The Hall–Kier alpha value is -3.33. The third-order valence-electron chi connectivity index (χ3n) is 7.51. The molecule has 2 aliphatic heterocycles. The molecule has 0 unspecified atom stereocenters. The van der Waals surface area contributed by atoms with Crippen LogP contribution in [0.2, 0.25) is 0 Å². The summed E-state index contributed by atoms with van der Waals surface area (Å²) in [6.45, 7) is 4.36. The van der Waals surface area contributed by atoms with E-state index in [4.69, 9.17) is 19.0 Å². The Balaban J connectivity index is 1.29. The Morgan fingerprint density at radius 1 is 1.06 bits per heavy atom. The highest BCUT2D eigenvalue weighted by Gasteiger charge is 2.47. The molecule has 0 atom stereocenters. The summed E-state index contributed by atoms with van der Waals surface area (Å²) in [5, 5.41) is 18.4. The molecule has 1 spiro atoms. The maximum absolute atomic E-state index is 6.33. The molecule has 5 heterocycles. The molecule has 0 amide bonds. The number of hydrogen-bond donors (Lipinski definition) is 1. The number of nitrogens with one attached hydrogen (secondary N) is 1. The Bertz CT molecular complexity index is 1330. The smallest absolute Gasteiger partial charge is 0.224 e. The summed E-state index contributed by atoms with van der Waals surface area (Å²) in [4.78, 5) is 2.38. The molecular weight excluding hydrogens is 432 g/mol. The van der Waals surface area contributed by atoms with Gasteiger partial charge in [0.2, 0.25) is 23.0 Å². The van der Waals surface area contributed by atoms with Crippen molar-refractivity contribution in [3.05, 3.63) is 30.3 Å². The zero-order chi connectivity index (χ0) is 22.7. The SMILES string of the molecule is CN1CCC(CNc2nn3c(-c4cc5ccccc5o4)nnc3c3c2OCC2(CC2)CO3)CC1. The van der Waals surface area contributed by atoms with E-state index < -0.39 is 0 Å². The van der Waals surface area contributed by atoms with E-state index in [2.05, 4.69) is 27.5 Å². The fourth-order valence-corrected chi connectivity index (χ4v) is 4.96. The van der Waals surface area contributed by atoms with Crippen LogP contribution in [0.3, 0.4) is 0 Å². The van der Waals surface area contributed by atoms with E-state index in [0.717, 1.165) is 43.4 Å². The van der Waals surface area contributed by atoms with Gasteiger partial charge in [-0.15, -0.1) is 15.3 Å². The van der Waals surface area contributed by atoms with Gasteiger partial charge in [0.15, 0.2) is 11.6 Å². The number of anilines is 1. The highest BCUT2D eigenvalue weighted by molar-refractivity contribution is 5.82. The number of hydrogen-bond acceptors (Lipinski definition) is 8. The highest BCUT2D eigenvalue weighted by atomic mass is 16.5. The van der Waals surface area contributed by atoms with Gasteiger partial charge in [-0.1, -0.05) is 18.2 Å². The largest absolute Gasteiger partial charge is 0.486 e. The van der Waals surface area contributed by atoms with Gasteiger partial charge in [-0.2, -0.15) is 4.52 Å². The molecule has 3 aromatic heterocycles. The lowest BCUT2D eigenvalue weighted by Crippen LogP contribution is -2.33. The van der Waals surface area contributed by atoms with Crippen LogP contribution in [0.1, 0.15) is 25.7 Å². The molecule has 3 aliphatic rings. The number of aromatic nitrogens is 4. The van der Waals surface area contributed by atoms with E-state index in [0.29, 0.717) is 53.7 Å². The molecule has 34 heavy (non-hydrogen) atoms. The van der Waals surface area contributed by atoms with Gasteiger partial charge in [-0.3, -0.25) is 0 Å². The van der Waals surface area contributed by atoms with Gasteiger partial charge in [0.25, 0.3) is 0 Å². The molecule has 1 N–H and O–H groups in total. The third kappa shape index (κ3) is 3.37. The topological polar surface area (TPSA) is 90.0 Å². The van der Waals surface area contributed by atoms with Gasteiger partial charge in [-0.25, -0.2) is 0 Å². The second-order valence-corrected chi connectivity index (χ2v) is 10.1. The Morgan fingerprint density at radius 3 is 2.65 bits per heavy atom. The number of ether oxygens (including phenoxy) is 2. The molecule has 0 radical (unpaired) electrons. The minimum Gasteiger partial charge on any atom is -0.486 e. The number of rotatable bonds is 4. The standard InChI is InChI=1S/C25H28N6O3/c1-30-10-6-16(7-11-30)13-26-22-20-21(33-15-25(8-9-25)14-32-20)24-28-27-23(31(24)29-22)19-12-17-4-2-3-5-18(17)34-19/h2-5,12,16H,6-11,13-15H2,1H3,(H,26,29). The maximum atomic E-state index is 6.33. The first-order valence-electron chi connectivity index (χ1n) is 12.1. The van der Waals surface area contributed by atoms with Crippen LogP contribution in [0.5, 0.6) is 11.5 Å². The van der Waals surface area contributed by atoms with Crippen molar-refractivity contribution in [2.24, 2.45) is 11.3 Å². The monoisotopic (exact) mass is 460 g/mol. The second kappa shape index (κ2) is 7.59. The molecule has 0 bridgehead atoms. The van der Waals surface area contributed by atoms with Gasteiger partial charge in [-0.05, 0) is 63.9 Å². The molecule has 2 fully saturated rings. The van der Waals surface area contributed by atoms with E-state index in [9.17, 15) is 0 Å². The van der Waals surface area contributed by atoms with Crippen molar-refractivity contribution in [3.63, 3.8) is 0 Å². The summed E-state index contributed by atoms with van der Waals surface area (Å²) in [7, 11) is 2.18. The van der Waals surface area contributed by atoms with Crippen LogP contribution in [-0.4, -0.2) is 64.6 Å². The third-order valence-corrected chi connectivity index (χ3v) is 7.51. The normalized spacial score (nSPS) is 20.1. The van der Waals surface area contributed by atoms with Crippen LogP contribution in [-0.2, 0) is 0 Å². The number of piperidine rings is 1.